The molecule has 2 amide bonds. The number of nitrogens with zero attached hydrogens (tertiary/aromatic N) is 2. The van der Waals surface area contributed by atoms with E-state index in [0.29, 0.717) is 44.9 Å². The van der Waals surface area contributed by atoms with E-state index >= 15 is 0 Å². The van der Waals surface area contributed by atoms with E-state index in [4.69, 9.17) is 4.74 Å². The van der Waals surface area contributed by atoms with E-state index in [1.54, 1.807) is 0 Å². The Hall–Kier alpha value is -2.86. The van der Waals surface area contributed by atoms with Crippen molar-refractivity contribution in [2.75, 3.05) is 44.6 Å². The molecule has 1 aliphatic rings. The van der Waals surface area contributed by atoms with Gasteiger partial charge in [0.1, 0.15) is 5.75 Å². The molecule has 2 aromatic carbocycles. The second-order valence-corrected chi connectivity index (χ2v) is 7.76. The number of aryl methyl sites for hydroxylation is 2. The van der Waals surface area contributed by atoms with Crippen molar-refractivity contribution in [3.05, 3.63) is 59.2 Å². The number of benzene rings is 2. The number of carbonyl (C=O) groups excluding carboxylic acids is 2. The molecule has 1 heterocycles. The van der Waals surface area contributed by atoms with Crippen molar-refractivity contribution in [1.29, 1.82) is 0 Å². The van der Waals surface area contributed by atoms with Gasteiger partial charge in [-0.25, -0.2) is 0 Å². The van der Waals surface area contributed by atoms with Gasteiger partial charge in [0.25, 0.3) is 5.91 Å². The van der Waals surface area contributed by atoms with Crippen molar-refractivity contribution in [2.45, 2.75) is 27.2 Å². The lowest BCUT2D eigenvalue weighted by atomic mass is 10.1. The maximum Gasteiger partial charge on any atom is 0.253 e. The zero-order valence-electron chi connectivity index (χ0n) is 18.1. The Morgan fingerprint density at radius 1 is 0.967 bits per heavy atom. The summed E-state index contributed by atoms with van der Waals surface area (Å²) in [6.45, 7) is 9.65. The van der Waals surface area contributed by atoms with Gasteiger partial charge in [0, 0.05) is 37.4 Å². The molecule has 0 aromatic heterocycles. The molecule has 0 saturated carbocycles. The third-order valence-corrected chi connectivity index (χ3v) is 5.35. The summed E-state index contributed by atoms with van der Waals surface area (Å²) in [7, 11) is 0. The summed E-state index contributed by atoms with van der Waals surface area (Å²) < 4.78 is 5.57. The van der Waals surface area contributed by atoms with Gasteiger partial charge in [0.2, 0.25) is 5.91 Å². The van der Waals surface area contributed by atoms with E-state index in [9.17, 15) is 9.59 Å². The zero-order chi connectivity index (χ0) is 21.5. The van der Waals surface area contributed by atoms with Crippen molar-refractivity contribution in [1.82, 2.24) is 9.80 Å². The lowest BCUT2D eigenvalue weighted by Gasteiger charge is -2.34. The quantitative estimate of drug-likeness (QED) is 0.760. The van der Waals surface area contributed by atoms with E-state index in [2.05, 4.69) is 17.1 Å². The van der Waals surface area contributed by atoms with Crippen molar-refractivity contribution in [3.8, 4) is 5.75 Å². The number of piperazine rings is 1. The molecular formula is C24H31N3O3. The third kappa shape index (κ3) is 5.60. The van der Waals surface area contributed by atoms with E-state index < -0.39 is 0 Å². The molecule has 6 heteroatoms. The SMILES string of the molecule is CCCOc1ccc(C(=O)N2CCN(CC(=O)Nc3c(C)cccc3C)CC2)cc1. The Morgan fingerprint density at radius 3 is 2.20 bits per heavy atom. The van der Waals surface area contributed by atoms with Gasteiger partial charge in [-0.2, -0.15) is 0 Å². The van der Waals surface area contributed by atoms with Gasteiger partial charge in [0.15, 0.2) is 0 Å². The molecule has 2 aromatic rings. The predicted octanol–water partition coefficient (Wildman–Crippen LogP) is 3.49. The van der Waals surface area contributed by atoms with Gasteiger partial charge >= 0.3 is 0 Å². The molecule has 160 valence electrons. The Labute approximate surface area is 178 Å². The van der Waals surface area contributed by atoms with Crippen LogP contribution in [-0.2, 0) is 4.79 Å². The van der Waals surface area contributed by atoms with Gasteiger partial charge in [-0.3, -0.25) is 14.5 Å². The van der Waals surface area contributed by atoms with Gasteiger partial charge in [0.05, 0.1) is 13.2 Å². The Bertz CT molecular complexity index is 852. The first-order valence-electron chi connectivity index (χ1n) is 10.6. The standard InChI is InChI=1S/C24H31N3O3/c1-4-16-30-21-10-8-20(9-11-21)24(29)27-14-12-26(13-15-27)17-22(28)25-23-18(2)6-5-7-19(23)3/h5-11H,4,12-17H2,1-3H3,(H,25,28). The van der Waals surface area contributed by atoms with Crippen LogP contribution in [0.25, 0.3) is 0 Å². The van der Waals surface area contributed by atoms with E-state index in [1.807, 2.05) is 61.2 Å². The number of nitrogens with one attached hydrogen (secondary N) is 1. The average Bonchev–Trinajstić information content (AvgIpc) is 2.75. The minimum Gasteiger partial charge on any atom is -0.494 e. The van der Waals surface area contributed by atoms with Crippen molar-refractivity contribution in [3.63, 3.8) is 0 Å². The maximum absolute atomic E-state index is 12.8. The third-order valence-electron chi connectivity index (χ3n) is 5.35. The topological polar surface area (TPSA) is 61.9 Å². The molecule has 1 fully saturated rings. The molecule has 3 rings (SSSR count). The summed E-state index contributed by atoms with van der Waals surface area (Å²) >= 11 is 0. The van der Waals surface area contributed by atoms with Crippen molar-refractivity contribution < 1.29 is 14.3 Å². The van der Waals surface area contributed by atoms with Gasteiger partial charge in [-0.15, -0.1) is 0 Å². The number of hydrogen-bond acceptors (Lipinski definition) is 4. The molecule has 1 N–H and O–H groups in total. The summed E-state index contributed by atoms with van der Waals surface area (Å²) in [6, 6.07) is 13.3. The lowest BCUT2D eigenvalue weighted by molar-refractivity contribution is -0.117. The smallest absolute Gasteiger partial charge is 0.253 e. The molecule has 0 unspecified atom stereocenters. The van der Waals surface area contributed by atoms with Gasteiger partial charge < -0.3 is 15.0 Å². The van der Waals surface area contributed by atoms with E-state index in [1.165, 1.54) is 0 Å². The van der Waals surface area contributed by atoms with Gasteiger partial charge in [-0.1, -0.05) is 25.1 Å². The van der Waals surface area contributed by atoms with Crippen LogP contribution in [0.1, 0.15) is 34.8 Å². The second kappa shape index (κ2) is 10.3. The largest absolute Gasteiger partial charge is 0.494 e. The van der Waals surface area contributed by atoms with E-state index in [-0.39, 0.29) is 11.8 Å². The summed E-state index contributed by atoms with van der Waals surface area (Å²) in [5.41, 5.74) is 3.68. The van der Waals surface area contributed by atoms with Crippen LogP contribution in [0.15, 0.2) is 42.5 Å². The second-order valence-electron chi connectivity index (χ2n) is 7.76. The van der Waals surface area contributed by atoms with Crippen molar-refractivity contribution in [2.24, 2.45) is 0 Å². The number of amides is 2. The number of para-hydroxylation sites is 1. The molecule has 0 spiro atoms. The van der Waals surface area contributed by atoms with Crippen LogP contribution in [0.5, 0.6) is 5.75 Å². The molecule has 0 atom stereocenters. The van der Waals surface area contributed by atoms with Crippen LogP contribution in [0, 0.1) is 13.8 Å². The fraction of sp³-hybridized carbons (Fsp3) is 0.417. The number of anilines is 1. The average molecular weight is 410 g/mol. The number of carbonyl (C=O) groups is 2. The number of hydrogen-bond donors (Lipinski definition) is 1. The summed E-state index contributed by atoms with van der Waals surface area (Å²) in [5, 5.41) is 3.03. The van der Waals surface area contributed by atoms with Gasteiger partial charge in [-0.05, 0) is 55.7 Å². The fourth-order valence-corrected chi connectivity index (χ4v) is 3.60. The summed E-state index contributed by atoms with van der Waals surface area (Å²) in [4.78, 5) is 29.2. The summed E-state index contributed by atoms with van der Waals surface area (Å²) in [5.74, 6) is 0.791. The van der Waals surface area contributed by atoms with Crippen LogP contribution in [0.4, 0.5) is 5.69 Å². The lowest BCUT2D eigenvalue weighted by Crippen LogP contribution is -2.50. The van der Waals surface area contributed by atoms with Crippen LogP contribution in [0.2, 0.25) is 0 Å². The highest BCUT2D eigenvalue weighted by atomic mass is 16.5. The first-order chi connectivity index (χ1) is 14.5. The highest BCUT2D eigenvalue weighted by Gasteiger charge is 2.23. The molecule has 0 radical (unpaired) electrons. The Balaban J connectivity index is 1.48. The van der Waals surface area contributed by atoms with Crippen LogP contribution in [0.3, 0.4) is 0 Å². The molecule has 6 nitrogen and oxygen atoms in total. The monoisotopic (exact) mass is 409 g/mol. The fourth-order valence-electron chi connectivity index (χ4n) is 3.60. The first kappa shape index (κ1) is 21.8. The minimum atomic E-state index is -0.0187. The Morgan fingerprint density at radius 2 is 1.60 bits per heavy atom. The molecule has 30 heavy (non-hydrogen) atoms. The number of rotatable bonds is 7. The molecule has 0 bridgehead atoms. The highest BCUT2D eigenvalue weighted by Crippen LogP contribution is 2.19. The minimum absolute atomic E-state index is 0.0187. The Kier molecular flexibility index (Phi) is 7.46. The van der Waals surface area contributed by atoms with Crippen LogP contribution in [-0.4, -0.2) is 60.9 Å². The van der Waals surface area contributed by atoms with Crippen LogP contribution < -0.4 is 10.1 Å². The van der Waals surface area contributed by atoms with Crippen molar-refractivity contribution >= 4 is 17.5 Å². The molecule has 1 saturated heterocycles. The molecular weight excluding hydrogens is 378 g/mol. The predicted molar refractivity (Wildman–Crippen MR) is 119 cm³/mol. The van der Waals surface area contributed by atoms with E-state index in [0.717, 1.165) is 29.0 Å². The van der Waals surface area contributed by atoms with Crippen LogP contribution >= 0.6 is 0 Å². The maximum atomic E-state index is 12.8. The first-order valence-corrected chi connectivity index (χ1v) is 10.6. The molecule has 1 aliphatic heterocycles. The zero-order valence-corrected chi connectivity index (χ0v) is 18.1. The highest BCUT2D eigenvalue weighted by molar-refractivity contribution is 5.95. The molecule has 0 aliphatic carbocycles. The number of ether oxygens (including phenoxy) is 1. The normalized spacial score (nSPS) is 14.4. The summed E-state index contributed by atoms with van der Waals surface area (Å²) in [6.07, 6.45) is 0.952.